The van der Waals surface area contributed by atoms with E-state index in [0.717, 1.165) is 55.5 Å². The summed E-state index contributed by atoms with van der Waals surface area (Å²) in [5, 5.41) is 0. The van der Waals surface area contributed by atoms with Gasteiger partial charge in [0.1, 0.15) is 5.82 Å². The summed E-state index contributed by atoms with van der Waals surface area (Å²) < 4.78 is 0. The Kier molecular flexibility index (Phi) is 4.74. The highest BCUT2D eigenvalue weighted by atomic mass is 16.2. The first-order chi connectivity index (χ1) is 12.7. The Bertz CT molecular complexity index is 881. The number of hydrogen-bond donors (Lipinski definition) is 1. The number of aromatic nitrogens is 2. The standard InChI is InChI=1S/C22H25N3O/c1-25(15-7-14-21-23-19-12-4-5-13-20(19)24-21)22(26)18-11-6-9-16-8-2-3-10-17(16)18/h2-5,8,10,12-13,18H,6-7,9,11,14-15H2,1H3,(H,23,24). The van der Waals surface area contributed by atoms with Crippen molar-refractivity contribution in [1.29, 1.82) is 0 Å². The summed E-state index contributed by atoms with van der Waals surface area (Å²) in [5.41, 5.74) is 4.65. The van der Waals surface area contributed by atoms with Gasteiger partial charge in [-0.3, -0.25) is 4.79 Å². The van der Waals surface area contributed by atoms with Crippen LogP contribution in [-0.4, -0.2) is 34.4 Å². The molecule has 4 rings (SSSR count). The van der Waals surface area contributed by atoms with Crippen LogP contribution in [0.3, 0.4) is 0 Å². The Morgan fingerprint density at radius 1 is 1.19 bits per heavy atom. The summed E-state index contributed by atoms with van der Waals surface area (Å²) in [6, 6.07) is 16.5. The van der Waals surface area contributed by atoms with Gasteiger partial charge < -0.3 is 9.88 Å². The largest absolute Gasteiger partial charge is 0.345 e. The van der Waals surface area contributed by atoms with Crippen molar-refractivity contribution < 1.29 is 4.79 Å². The first kappa shape index (κ1) is 16.8. The van der Waals surface area contributed by atoms with E-state index in [-0.39, 0.29) is 11.8 Å². The number of H-pyrrole nitrogens is 1. The third-order valence-corrected chi connectivity index (χ3v) is 5.39. The minimum atomic E-state index is 0.0242. The molecule has 0 radical (unpaired) electrons. The van der Waals surface area contributed by atoms with Gasteiger partial charge in [-0.25, -0.2) is 4.98 Å². The molecule has 0 bridgehead atoms. The molecule has 0 saturated heterocycles. The van der Waals surface area contributed by atoms with Crippen LogP contribution in [0, 0.1) is 0 Å². The number of likely N-dealkylation sites (N-methyl/N-ethyl adjacent to an activating group) is 1. The van der Waals surface area contributed by atoms with Crippen molar-refractivity contribution in [2.45, 2.75) is 38.0 Å². The van der Waals surface area contributed by atoms with Crippen molar-refractivity contribution in [3.8, 4) is 0 Å². The number of nitrogens with zero attached hydrogens (tertiary/aromatic N) is 2. The minimum absolute atomic E-state index is 0.0242. The molecule has 1 heterocycles. The lowest BCUT2D eigenvalue weighted by molar-refractivity contribution is -0.131. The Morgan fingerprint density at radius 2 is 2.00 bits per heavy atom. The first-order valence-corrected chi connectivity index (χ1v) is 9.49. The third-order valence-electron chi connectivity index (χ3n) is 5.39. The Hall–Kier alpha value is -2.62. The van der Waals surface area contributed by atoms with Crippen LogP contribution in [0.1, 0.15) is 42.1 Å². The van der Waals surface area contributed by atoms with E-state index in [1.54, 1.807) is 0 Å². The highest BCUT2D eigenvalue weighted by Gasteiger charge is 2.28. The number of nitrogens with one attached hydrogen (secondary N) is 1. The van der Waals surface area contributed by atoms with Crippen molar-refractivity contribution in [2.75, 3.05) is 13.6 Å². The van der Waals surface area contributed by atoms with E-state index in [2.05, 4.69) is 28.2 Å². The maximum Gasteiger partial charge on any atom is 0.229 e. The second-order valence-electron chi connectivity index (χ2n) is 7.21. The van der Waals surface area contributed by atoms with Gasteiger partial charge in [0.25, 0.3) is 0 Å². The zero-order chi connectivity index (χ0) is 17.9. The number of imidazole rings is 1. The summed E-state index contributed by atoms with van der Waals surface area (Å²) >= 11 is 0. The van der Waals surface area contributed by atoms with Crippen molar-refractivity contribution in [3.63, 3.8) is 0 Å². The fourth-order valence-electron chi connectivity index (χ4n) is 3.99. The van der Waals surface area contributed by atoms with Crippen LogP contribution in [0.25, 0.3) is 11.0 Å². The van der Waals surface area contributed by atoms with Crippen LogP contribution < -0.4 is 0 Å². The van der Waals surface area contributed by atoms with Crippen LogP contribution in [0.5, 0.6) is 0 Å². The predicted molar refractivity (Wildman–Crippen MR) is 104 cm³/mol. The fraction of sp³-hybridized carbons (Fsp3) is 0.364. The molecule has 0 fully saturated rings. The average molecular weight is 347 g/mol. The van der Waals surface area contributed by atoms with Gasteiger partial charge in [0.15, 0.2) is 0 Å². The summed E-state index contributed by atoms with van der Waals surface area (Å²) in [6.07, 6.45) is 4.92. The molecule has 1 aliphatic carbocycles. The van der Waals surface area contributed by atoms with E-state index >= 15 is 0 Å². The number of aryl methyl sites for hydroxylation is 2. The molecule has 4 heteroatoms. The summed E-state index contributed by atoms with van der Waals surface area (Å²) in [6.45, 7) is 0.758. The van der Waals surface area contributed by atoms with Crippen molar-refractivity contribution >= 4 is 16.9 Å². The lowest BCUT2D eigenvalue weighted by Gasteiger charge is -2.28. The van der Waals surface area contributed by atoms with Crippen LogP contribution in [-0.2, 0) is 17.6 Å². The molecule has 26 heavy (non-hydrogen) atoms. The topological polar surface area (TPSA) is 49.0 Å². The fourth-order valence-corrected chi connectivity index (χ4v) is 3.99. The maximum absolute atomic E-state index is 12.9. The Balaban J connectivity index is 1.36. The van der Waals surface area contributed by atoms with Gasteiger partial charge in [0.2, 0.25) is 5.91 Å². The van der Waals surface area contributed by atoms with Gasteiger partial charge in [-0.1, -0.05) is 36.4 Å². The van der Waals surface area contributed by atoms with E-state index < -0.39 is 0 Å². The van der Waals surface area contributed by atoms with Gasteiger partial charge >= 0.3 is 0 Å². The molecule has 134 valence electrons. The lowest BCUT2D eigenvalue weighted by Crippen LogP contribution is -2.34. The molecular weight excluding hydrogens is 322 g/mol. The highest BCUT2D eigenvalue weighted by molar-refractivity contribution is 5.84. The smallest absolute Gasteiger partial charge is 0.229 e. The van der Waals surface area contributed by atoms with Crippen LogP contribution >= 0.6 is 0 Å². The van der Waals surface area contributed by atoms with E-state index in [0.29, 0.717) is 0 Å². The molecular formula is C22H25N3O. The Labute approximate surface area is 154 Å². The summed E-state index contributed by atoms with van der Waals surface area (Å²) in [4.78, 5) is 22.8. The molecule has 0 spiro atoms. The number of para-hydroxylation sites is 2. The molecule has 1 atom stereocenters. The molecule has 2 aromatic carbocycles. The normalized spacial score (nSPS) is 16.4. The van der Waals surface area contributed by atoms with Gasteiger partial charge in [-0.15, -0.1) is 0 Å². The number of carbonyl (C=O) groups is 1. The molecule has 1 aliphatic rings. The number of aromatic amines is 1. The molecule has 1 unspecified atom stereocenters. The predicted octanol–water partition coefficient (Wildman–Crippen LogP) is 4.07. The summed E-state index contributed by atoms with van der Waals surface area (Å²) in [5.74, 6) is 1.27. The monoisotopic (exact) mass is 347 g/mol. The Morgan fingerprint density at radius 3 is 2.88 bits per heavy atom. The lowest BCUT2D eigenvalue weighted by atomic mass is 9.82. The zero-order valence-corrected chi connectivity index (χ0v) is 15.2. The van der Waals surface area contributed by atoms with Crippen molar-refractivity contribution in [2.24, 2.45) is 0 Å². The van der Waals surface area contributed by atoms with Crippen molar-refractivity contribution in [3.05, 3.63) is 65.5 Å². The number of hydrogen-bond acceptors (Lipinski definition) is 2. The van der Waals surface area contributed by atoms with E-state index in [4.69, 9.17) is 0 Å². The molecule has 0 saturated carbocycles. The summed E-state index contributed by atoms with van der Waals surface area (Å²) in [7, 11) is 1.93. The second kappa shape index (κ2) is 7.32. The number of carbonyl (C=O) groups excluding carboxylic acids is 1. The number of fused-ring (bicyclic) bond motifs is 2. The van der Waals surface area contributed by atoms with E-state index in [1.165, 1.54) is 11.1 Å². The third kappa shape index (κ3) is 3.36. The van der Waals surface area contributed by atoms with E-state index in [9.17, 15) is 4.79 Å². The zero-order valence-electron chi connectivity index (χ0n) is 15.2. The highest BCUT2D eigenvalue weighted by Crippen LogP contribution is 2.32. The van der Waals surface area contributed by atoms with Crippen LogP contribution in [0.4, 0.5) is 0 Å². The number of amides is 1. The molecule has 1 N–H and O–H groups in total. The SMILES string of the molecule is CN(CCCc1nc2ccccc2[nH]1)C(=O)C1CCCc2ccccc21. The average Bonchev–Trinajstić information content (AvgIpc) is 3.09. The van der Waals surface area contributed by atoms with Crippen LogP contribution in [0.2, 0.25) is 0 Å². The molecule has 4 nitrogen and oxygen atoms in total. The molecule has 1 aromatic heterocycles. The number of rotatable bonds is 5. The quantitative estimate of drug-likeness (QED) is 0.756. The van der Waals surface area contributed by atoms with Gasteiger partial charge in [0, 0.05) is 20.0 Å². The van der Waals surface area contributed by atoms with E-state index in [1.807, 2.05) is 42.3 Å². The molecule has 0 aliphatic heterocycles. The molecule has 3 aromatic rings. The minimum Gasteiger partial charge on any atom is -0.345 e. The van der Waals surface area contributed by atoms with Crippen molar-refractivity contribution in [1.82, 2.24) is 14.9 Å². The van der Waals surface area contributed by atoms with Gasteiger partial charge in [-0.2, -0.15) is 0 Å². The first-order valence-electron chi connectivity index (χ1n) is 9.49. The maximum atomic E-state index is 12.9. The second-order valence-corrected chi connectivity index (χ2v) is 7.21. The van der Waals surface area contributed by atoms with Gasteiger partial charge in [-0.05, 0) is 48.9 Å². The molecule has 1 amide bonds. The van der Waals surface area contributed by atoms with Gasteiger partial charge in [0.05, 0.1) is 17.0 Å². The number of benzene rings is 2. The van der Waals surface area contributed by atoms with Crippen LogP contribution in [0.15, 0.2) is 48.5 Å².